The Morgan fingerprint density at radius 3 is 2.80 bits per heavy atom. The predicted molar refractivity (Wildman–Crippen MR) is 79.9 cm³/mol. The van der Waals surface area contributed by atoms with Gasteiger partial charge in [0, 0.05) is 23.5 Å². The molecule has 0 aliphatic heterocycles. The van der Waals surface area contributed by atoms with Crippen LogP contribution in [0, 0.1) is 6.92 Å². The summed E-state index contributed by atoms with van der Waals surface area (Å²) in [5.41, 5.74) is 3.77. The van der Waals surface area contributed by atoms with Crippen molar-refractivity contribution in [2.45, 2.75) is 77.0 Å². The molecule has 2 aliphatic rings. The summed E-state index contributed by atoms with van der Waals surface area (Å²) < 4.78 is 8.41. The molecular formula is C17H27NO2. The van der Waals surface area contributed by atoms with Gasteiger partial charge in [0.05, 0.1) is 18.8 Å². The summed E-state index contributed by atoms with van der Waals surface area (Å²) in [4.78, 5) is 0. The van der Waals surface area contributed by atoms with Crippen LogP contribution in [0.3, 0.4) is 0 Å². The molecule has 3 rings (SSSR count). The average Bonchev–Trinajstić information content (AvgIpc) is 2.78. The average molecular weight is 277 g/mol. The van der Waals surface area contributed by atoms with Crippen LogP contribution in [-0.4, -0.2) is 22.4 Å². The van der Waals surface area contributed by atoms with Crippen molar-refractivity contribution in [3.8, 4) is 0 Å². The van der Waals surface area contributed by atoms with Crippen molar-refractivity contribution < 1.29 is 9.84 Å². The van der Waals surface area contributed by atoms with Crippen molar-refractivity contribution in [2.75, 3.05) is 6.61 Å². The van der Waals surface area contributed by atoms with Crippen LogP contribution >= 0.6 is 0 Å². The summed E-state index contributed by atoms with van der Waals surface area (Å²) in [7, 11) is 0. The summed E-state index contributed by atoms with van der Waals surface area (Å²) in [6.45, 7) is 3.89. The van der Waals surface area contributed by atoms with Crippen LogP contribution in [0.1, 0.15) is 68.0 Å². The van der Waals surface area contributed by atoms with Crippen LogP contribution < -0.4 is 0 Å². The monoisotopic (exact) mass is 277 g/mol. The molecule has 112 valence electrons. The zero-order valence-electron chi connectivity index (χ0n) is 12.6. The van der Waals surface area contributed by atoms with E-state index >= 15 is 0 Å². The number of fused-ring (bicyclic) bond motifs is 1. The maximum Gasteiger partial charge on any atom is 0.0807 e. The summed E-state index contributed by atoms with van der Waals surface area (Å²) in [6.07, 6.45) is 9.85. The van der Waals surface area contributed by atoms with Crippen LogP contribution in [-0.2, 0) is 17.7 Å². The number of aliphatic hydroxyl groups is 1. The minimum atomic E-state index is -0.252. The van der Waals surface area contributed by atoms with E-state index < -0.39 is 0 Å². The Labute approximate surface area is 121 Å². The molecule has 0 saturated heterocycles. The highest BCUT2D eigenvalue weighted by molar-refractivity contribution is 5.31. The third kappa shape index (κ3) is 2.94. The van der Waals surface area contributed by atoms with Crippen molar-refractivity contribution in [1.82, 2.24) is 4.57 Å². The van der Waals surface area contributed by atoms with Crippen LogP contribution in [0.15, 0.2) is 6.07 Å². The Morgan fingerprint density at radius 2 is 2.00 bits per heavy atom. The smallest absolute Gasteiger partial charge is 0.0807 e. The van der Waals surface area contributed by atoms with Crippen molar-refractivity contribution in [3.05, 3.63) is 23.0 Å². The molecule has 1 atom stereocenters. The molecule has 3 heteroatoms. The predicted octanol–water partition coefficient (Wildman–Crippen LogP) is 3.52. The Morgan fingerprint density at radius 1 is 1.20 bits per heavy atom. The summed E-state index contributed by atoms with van der Waals surface area (Å²) >= 11 is 0. The number of rotatable bonds is 4. The van der Waals surface area contributed by atoms with Gasteiger partial charge in [-0.25, -0.2) is 0 Å². The van der Waals surface area contributed by atoms with Gasteiger partial charge in [-0.1, -0.05) is 19.3 Å². The van der Waals surface area contributed by atoms with Crippen LogP contribution in [0.5, 0.6) is 0 Å². The van der Waals surface area contributed by atoms with E-state index in [2.05, 4.69) is 17.6 Å². The lowest BCUT2D eigenvalue weighted by molar-refractivity contribution is 0.0235. The quantitative estimate of drug-likeness (QED) is 0.914. The second-order valence-electron chi connectivity index (χ2n) is 6.38. The number of aromatic nitrogens is 1. The maximum atomic E-state index is 10.1. The third-order valence-corrected chi connectivity index (χ3v) is 4.92. The molecule has 0 spiro atoms. The fraction of sp³-hybridized carbons (Fsp3) is 0.765. The van der Waals surface area contributed by atoms with Gasteiger partial charge in [0.2, 0.25) is 0 Å². The third-order valence-electron chi connectivity index (χ3n) is 4.92. The highest BCUT2D eigenvalue weighted by atomic mass is 16.5. The van der Waals surface area contributed by atoms with E-state index in [-0.39, 0.29) is 6.10 Å². The van der Waals surface area contributed by atoms with E-state index in [4.69, 9.17) is 4.74 Å². The zero-order chi connectivity index (χ0) is 13.9. The number of aryl methyl sites for hydroxylation is 1. The zero-order valence-corrected chi connectivity index (χ0v) is 12.6. The lowest BCUT2D eigenvalue weighted by Crippen LogP contribution is -2.20. The van der Waals surface area contributed by atoms with Crippen molar-refractivity contribution in [3.63, 3.8) is 0 Å². The summed E-state index contributed by atoms with van der Waals surface area (Å²) in [6, 6.07) is 2.17. The van der Waals surface area contributed by atoms with E-state index in [1.807, 2.05) is 0 Å². The molecule has 1 N–H and O–H groups in total. The fourth-order valence-electron chi connectivity index (χ4n) is 3.79. The highest BCUT2D eigenvalue weighted by Crippen LogP contribution is 2.32. The molecule has 0 amide bonds. The lowest BCUT2D eigenvalue weighted by atomic mass is 9.95. The Bertz CT molecular complexity index is 446. The minimum Gasteiger partial charge on any atom is -0.388 e. The Balaban J connectivity index is 1.59. The number of hydrogen-bond donors (Lipinski definition) is 1. The van der Waals surface area contributed by atoms with E-state index in [0.29, 0.717) is 6.10 Å². The first-order chi connectivity index (χ1) is 9.75. The molecule has 1 saturated carbocycles. The molecule has 1 aromatic heterocycles. The van der Waals surface area contributed by atoms with Gasteiger partial charge in [-0.15, -0.1) is 0 Å². The standard InChI is InChI=1S/C17H27NO2/c1-13-12-15-16(8-5-9-17(15)19)18(13)10-11-20-14-6-3-2-4-7-14/h12,14,17,19H,2-11H2,1H3. The molecule has 20 heavy (non-hydrogen) atoms. The van der Waals surface area contributed by atoms with Gasteiger partial charge in [-0.3, -0.25) is 0 Å². The number of nitrogens with zero attached hydrogens (tertiary/aromatic N) is 1. The lowest BCUT2D eigenvalue weighted by Gasteiger charge is -2.23. The molecule has 0 aromatic carbocycles. The molecular weight excluding hydrogens is 250 g/mol. The molecule has 2 aliphatic carbocycles. The highest BCUT2D eigenvalue weighted by Gasteiger charge is 2.23. The van der Waals surface area contributed by atoms with Crippen LogP contribution in [0.2, 0.25) is 0 Å². The maximum absolute atomic E-state index is 10.1. The molecule has 0 radical (unpaired) electrons. The molecule has 1 aromatic rings. The van der Waals surface area contributed by atoms with Crippen molar-refractivity contribution >= 4 is 0 Å². The topological polar surface area (TPSA) is 34.4 Å². The van der Waals surface area contributed by atoms with Gasteiger partial charge < -0.3 is 14.4 Å². The SMILES string of the molecule is Cc1cc2c(n1CCOC1CCCCC1)CCCC2O. The van der Waals surface area contributed by atoms with Gasteiger partial charge in [-0.05, 0) is 45.1 Å². The summed E-state index contributed by atoms with van der Waals surface area (Å²) in [5, 5.41) is 10.1. The van der Waals surface area contributed by atoms with Crippen molar-refractivity contribution in [2.24, 2.45) is 0 Å². The van der Waals surface area contributed by atoms with Gasteiger partial charge in [0.25, 0.3) is 0 Å². The van der Waals surface area contributed by atoms with Gasteiger partial charge in [0.1, 0.15) is 0 Å². The largest absolute Gasteiger partial charge is 0.388 e. The van der Waals surface area contributed by atoms with Gasteiger partial charge >= 0.3 is 0 Å². The second-order valence-corrected chi connectivity index (χ2v) is 6.38. The Hall–Kier alpha value is -0.800. The van der Waals surface area contributed by atoms with E-state index in [9.17, 15) is 5.11 Å². The first kappa shape index (κ1) is 14.2. The fourth-order valence-corrected chi connectivity index (χ4v) is 3.79. The molecule has 0 bridgehead atoms. The Kier molecular flexibility index (Phi) is 4.47. The van der Waals surface area contributed by atoms with Crippen molar-refractivity contribution in [1.29, 1.82) is 0 Å². The number of hydrogen-bond acceptors (Lipinski definition) is 2. The number of ether oxygens (including phenoxy) is 1. The summed E-state index contributed by atoms with van der Waals surface area (Å²) in [5.74, 6) is 0. The minimum absolute atomic E-state index is 0.252. The van der Waals surface area contributed by atoms with E-state index in [1.165, 1.54) is 43.5 Å². The normalized spacial score (nSPS) is 23.8. The molecule has 3 nitrogen and oxygen atoms in total. The molecule has 1 unspecified atom stereocenters. The second kappa shape index (κ2) is 6.31. The van der Waals surface area contributed by atoms with Gasteiger partial charge in [-0.2, -0.15) is 0 Å². The molecule has 1 fully saturated rings. The van der Waals surface area contributed by atoms with E-state index in [0.717, 1.165) is 38.0 Å². The van der Waals surface area contributed by atoms with Crippen LogP contribution in [0.4, 0.5) is 0 Å². The molecule has 1 heterocycles. The van der Waals surface area contributed by atoms with Crippen LogP contribution in [0.25, 0.3) is 0 Å². The van der Waals surface area contributed by atoms with E-state index in [1.54, 1.807) is 0 Å². The number of aliphatic hydroxyl groups excluding tert-OH is 1. The van der Waals surface area contributed by atoms with Gasteiger partial charge in [0.15, 0.2) is 0 Å². The first-order valence-corrected chi connectivity index (χ1v) is 8.24. The first-order valence-electron chi connectivity index (χ1n) is 8.24.